The average Bonchev–Trinajstić information content (AvgIpc) is 3.16. The Kier molecular flexibility index (Phi) is 5.43. The van der Waals surface area contributed by atoms with Crippen LogP contribution in [0.25, 0.3) is 10.8 Å². The number of aromatic nitrogens is 2. The number of benzene rings is 1. The smallest absolute Gasteiger partial charge is 0.272 e. The molecular weight excluding hydrogens is 336 g/mol. The summed E-state index contributed by atoms with van der Waals surface area (Å²) in [6, 6.07) is 10.5. The van der Waals surface area contributed by atoms with Gasteiger partial charge in [0.25, 0.3) is 5.56 Å². The maximum atomic E-state index is 12.1. The molecule has 2 aromatic heterocycles. The Morgan fingerprint density at radius 2 is 1.85 bits per heavy atom. The summed E-state index contributed by atoms with van der Waals surface area (Å²) in [6.45, 7) is 0.525. The third-order valence-electron chi connectivity index (χ3n) is 3.82. The van der Waals surface area contributed by atoms with E-state index < -0.39 is 0 Å². The first-order chi connectivity index (χ1) is 12.6. The number of nitrogens with one attached hydrogen (secondary N) is 3. The maximum absolute atomic E-state index is 12.1. The molecule has 2 heterocycles. The number of hydrogen-bond acceptors (Lipinski definition) is 5. The van der Waals surface area contributed by atoms with E-state index in [0.717, 1.165) is 0 Å². The molecule has 0 bridgehead atoms. The molecule has 8 nitrogen and oxygen atoms in total. The molecule has 0 aliphatic carbocycles. The van der Waals surface area contributed by atoms with Crippen molar-refractivity contribution in [3.05, 3.63) is 64.5 Å². The molecular formula is C18H18N4O4. The molecule has 0 saturated heterocycles. The molecule has 0 spiro atoms. The predicted octanol–water partition coefficient (Wildman–Crippen LogP) is 0.881. The normalized spacial score (nSPS) is 10.6. The van der Waals surface area contributed by atoms with Crippen molar-refractivity contribution in [1.82, 2.24) is 20.8 Å². The largest absolute Gasteiger partial charge is 0.467 e. The van der Waals surface area contributed by atoms with Gasteiger partial charge in [0.1, 0.15) is 5.76 Å². The van der Waals surface area contributed by atoms with Crippen LogP contribution >= 0.6 is 0 Å². The summed E-state index contributed by atoms with van der Waals surface area (Å²) < 4.78 is 5.12. The van der Waals surface area contributed by atoms with Gasteiger partial charge in [-0.2, -0.15) is 5.10 Å². The van der Waals surface area contributed by atoms with Crippen LogP contribution in [0.3, 0.4) is 0 Å². The fourth-order valence-corrected chi connectivity index (χ4v) is 2.52. The first-order valence-electron chi connectivity index (χ1n) is 8.15. The summed E-state index contributed by atoms with van der Waals surface area (Å²) in [7, 11) is 0. The minimum atomic E-state index is -0.294. The van der Waals surface area contributed by atoms with Gasteiger partial charge in [-0.3, -0.25) is 14.4 Å². The molecule has 0 unspecified atom stereocenters. The topological polar surface area (TPSA) is 117 Å². The highest BCUT2D eigenvalue weighted by Crippen LogP contribution is 2.12. The van der Waals surface area contributed by atoms with Crippen molar-refractivity contribution in [2.45, 2.75) is 19.4 Å². The number of H-pyrrole nitrogens is 1. The molecule has 0 saturated carbocycles. The first kappa shape index (κ1) is 17.4. The summed E-state index contributed by atoms with van der Waals surface area (Å²) in [5.74, 6) is 0.210. The molecule has 8 heteroatoms. The van der Waals surface area contributed by atoms with Crippen molar-refractivity contribution in [1.29, 1.82) is 0 Å². The van der Waals surface area contributed by atoms with Crippen LogP contribution in [0.15, 0.2) is 51.9 Å². The number of carbonyl (C=O) groups is 2. The molecule has 134 valence electrons. The quantitative estimate of drug-likeness (QED) is 0.582. The Morgan fingerprint density at radius 3 is 2.62 bits per heavy atom. The molecule has 2 amide bonds. The van der Waals surface area contributed by atoms with Crippen LogP contribution in [0.5, 0.6) is 0 Å². The lowest BCUT2D eigenvalue weighted by molar-refractivity contribution is -0.122. The molecule has 0 atom stereocenters. The van der Waals surface area contributed by atoms with E-state index in [0.29, 0.717) is 28.8 Å². The molecule has 0 aliphatic heterocycles. The highest BCUT2D eigenvalue weighted by atomic mass is 16.3. The van der Waals surface area contributed by atoms with Crippen LogP contribution in [0.1, 0.15) is 17.9 Å². The lowest BCUT2D eigenvalue weighted by Gasteiger charge is -2.07. The zero-order valence-corrected chi connectivity index (χ0v) is 14.0. The Labute approximate surface area is 148 Å². The van der Waals surface area contributed by atoms with Crippen LogP contribution in [-0.4, -0.2) is 28.6 Å². The molecule has 3 rings (SSSR count). The SMILES string of the molecule is O=C(CCNC(=O)Cc1n[nH]c(=O)c2ccccc12)NCc1ccco1. The van der Waals surface area contributed by atoms with Crippen molar-refractivity contribution in [2.75, 3.05) is 6.54 Å². The van der Waals surface area contributed by atoms with Gasteiger partial charge in [-0.05, 0) is 18.2 Å². The van der Waals surface area contributed by atoms with Crippen molar-refractivity contribution < 1.29 is 14.0 Å². The Morgan fingerprint density at radius 1 is 1.04 bits per heavy atom. The van der Waals surface area contributed by atoms with Crippen molar-refractivity contribution >= 4 is 22.6 Å². The van der Waals surface area contributed by atoms with E-state index in [1.165, 1.54) is 6.26 Å². The number of carbonyl (C=O) groups excluding carboxylic acids is 2. The minimum Gasteiger partial charge on any atom is -0.467 e. The Balaban J connectivity index is 1.48. The van der Waals surface area contributed by atoms with Gasteiger partial charge in [0.15, 0.2) is 0 Å². The number of fused-ring (bicyclic) bond motifs is 1. The van der Waals surface area contributed by atoms with Crippen molar-refractivity contribution in [3.8, 4) is 0 Å². The number of furan rings is 1. The van der Waals surface area contributed by atoms with Gasteiger partial charge in [0.05, 0.1) is 30.3 Å². The first-order valence-corrected chi connectivity index (χ1v) is 8.15. The van der Waals surface area contributed by atoms with E-state index in [4.69, 9.17) is 4.42 Å². The van der Waals surface area contributed by atoms with Crippen LogP contribution in [0.2, 0.25) is 0 Å². The number of rotatable bonds is 7. The van der Waals surface area contributed by atoms with Gasteiger partial charge >= 0.3 is 0 Å². The molecule has 0 aliphatic rings. The third-order valence-corrected chi connectivity index (χ3v) is 3.82. The van der Waals surface area contributed by atoms with Crippen LogP contribution in [-0.2, 0) is 22.6 Å². The summed E-state index contributed by atoms with van der Waals surface area (Å²) in [6.07, 6.45) is 1.72. The van der Waals surface area contributed by atoms with Crippen LogP contribution in [0, 0.1) is 0 Å². The van der Waals surface area contributed by atoms with Crippen molar-refractivity contribution in [3.63, 3.8) is 0 Å². The second-order valence-electron chi connectivity index (χ2n) is 5.68. The lowest BCUT2D eigenvalue weighted by Crippen LogP contribution is -2.31. The van der Waals surface area contributed by atoms with E-state index >= 15 is 0 Å². The minimum absolute atomic E-state index is 0.0192. The average molecular weight is 354 g/mol. The Hall–Kier alpha value is -3.42. The van der Waals surface area contributed by atoms with Gasteiger partial charge < -0.3 is 15.1 Å². The number of hydrogen-bond donors (Lipinski definition) is 3. The standard InChI is InChI=1S/C18H18N4O4/c23-16(20-11-12-4-3-9-26-12)7-8-19-17(24)10-15-13-5-1-2-6-14(13)18(25)22-21-15/h1-6,9H,7-8,10-11H2,(H,19,24)(H,20,23)(H,22,25). The van der Waals surface area contributed by atoms with Gasteiger partial charge in [0.2, 0.25) is 11.8 Å². The predicted molar refractivity (Wildman–Crippen MR) is 94.2 cm³/mol. The fourth-order valence-electron chi connectivity index (χ4n) is 2.52. The summed E-state index contributed by atoms with van der Waals surface area (Å²) in [4.78, 5) is 35.6. The van der Waals surface area contributed by atoms with E-state index in [1.807, 2.05) is 0 Å². The number of amides is 2. The van der Waals surface area contributed by atoms with E-state index in [-0.39, 0.29) is 36.8 Å². The van der Waals surface area contributed by atoms with E-state index in [2.05, 4.69) is 20.8 Å². The summed E-state index contributed by atoms with van der Waals surface area (Å²) in [5.41, 5.74) is 0.193. The molecule has 3 N–H and O–H groups in total. The molecule has 0 radical (unpaired) electrons. The Bertz CT molecular complexity index is 963. The molecule has 1 aromatic carbocycles. The van der Waals surface area contributed by atoms with Gasteiger partial charge in [-0.15, -0.1) is 0 Å². The van der Waals surface area contributed by atoms with E-state index in [9.17, 15) is 14.4 Å². The zero-order chi connectivity index (χ0) is 18.4. The highest BCUT2D eigenvalue weighted by Gasteiger charge is 2.11. The highest BCUT2D eigenvalue weighted by molar-refractivity contribution is 5.88. The van der Waals surface area contributed by atoms with E-state index in [1.54, 1.807) is 36.4 Å². The zero-order valence-electron chi connectivity index (χ0n) is 14.0. The maximum Gasteiger partial charge on any atom is 0.272 e. The van der Waals surface area contributed by atoms with Gasteiger partial charge in [0, 0.05) is 18.4 Å². The molecule has 3 aromatic rings. The number of aromatic amines is 1. The van der Waals surface area contributed by atoms with Crippen LogP contribution in [0.4, 0.5) is 0 Å². The number of nitrogens with zero attached hydrogens (tertiary/aromatic N) is 1. The third kappa shape index (κ3) is 4.35. The van der Waals surface area contributed by atoms with Gasteiger partial charge in [-0.25, -0.2) is 5.10 Å². The van der Waals surface area contributed by atoms with Crippen molar-refractivity contribution in [2.24, 2.45) is 0 Å². The summed E-state index contributed by atoms with van der Waals surface area (Å²) >= 11 is 0. The second kappa shape index (κ2) is 8.11. The molecule has 26 heavy (non-hydrogen) atoms. The monoisotopic (exact) mass is 354 g/mol. The van der Waals surface area contributed by atoms with Gasteiger partial charge in [-0.1, -0.05) is 18.2 Å². The summed E-state index contributed by atoms with van der Waals surface area (Å²) in [5, 5.41) is 12.9. The second-order valence-corrected chi connectivity index (χ2v) is 5.68. The fraction of sp³-hybridized carbons (Fsp3) is 0.222. The van der Waals surface area contributed by atoms with Crippen LogP contribution < -0.4 is 16.2 Å². The molecule has 0 fully saturated rings. The lowest BCUT2D eigenvalue weighted by atomic mass is 10.1.